The fourth-order valence-corrected chi connectivity index (χ4v) is 1.77. The zero-order valence-electron chi connectivity index (χ0n) is 10.9. The lowest BCUT2D eigenvalue weighted by atomic mass is 10.1. The molecule has 5 nitrogen and oxygen atoms in total. The maximum absolute atomic E-state index is 12.1. The van der Waals surface area contributed by atoms with Gasteiger partial charge in [0.05, 0.1) is 0 Å². The lowest BCUT2D eigenvalue weighted by Gasteiger charge is -2.17. The minimum Gasteiger partial charge on any atom is -0.336 e. The van der Waals surface area contributed by atoms with E-state index < -0.39 is 0 Å². The summed E-state index contributed by atoms with van der Waals surface area (Å²) in [7, 11) is 1.69. The Morgan fingerprint density at radius 3 is 2.84 bits per heavy atom. The van der Waals surface area contributed by atoms with Crippen molar-refractivity contribution in [3.05, 3.63) is 63.8 Å². The number of nitrogens with zero attached hydrogens (tertiary/aromatic N) is 2. The molecule has 1 N–H and O–H groups in total. The molecule has 0 fully saturated rings. The van der Waals surface area contributed by atoms with Crippen LogP contribution < -0.4 is 5.56 Å². The minimum absolute atomic E-state index is 0.221. The number of amides is 1. The number of nitrogens with one attached hydrogen (secondary N) is 1. The largest absolute Gasteiger partial charge is 0.336 e. The molecule has 2 aromatic heterocycles. The molecule has 0 saturated carbocycles. The van der Waals surface area contributed by atoms with Gasteiger partial charge in [0.2, 0.25) is 5.56 Å². The Balaban J connectivity index is 2.16. The van der Waals surface area contributed by atoms with Crippen LogP contribution in [0.25, 0.3) is 0 Å². The fraction of sp³-hybridized carbons (Fsp3) is 0.214. The van der Waals surface area contributed by atoms with Crippen molar-refractivity contribution in [3.8, 4) is 0 Å². The number of carbonyl (C=O) groups excluding carboxylic acids is 1. The van der Waals surface area contributed by atoms with Crippen molar-refractivity contribution in [2.24, 2.45) is 0 Å². The molecule has 1 amide bonds. The molecule has 19 heavy (non-hydrogen) atoms. The predicted octanol–water partition coefficient (Wildman–Crippen LogP) is 1.35. The summed E-state index contributed by atoms with van der Waals surface area (Å²) in [5, 5.41) is 0. The molecule has 0 radical (unpaired) electrons. The molecule has 0 aliphatic rings. The Morgan fingerprint density at radius 2 is 2.16 bits per heavy atom. The third kappa shape index (κ3) is 3.07. The van der Waals surface area contributed by atoms with E-state index in [4.69, 9.17) is 0 Å². The number of carbonyl (C=O) groups is 1. The van der Waals surface area contributed by atoms with Crippen molar-refractivity contribution in [1.82, 2.24) is 14.9 Å². The molecule has 0 spiro atoms. The molecule has 98 valence electrons. The van der Waals surface area contributed by atoms with Gasteiger partial charge in [-0.2, -0.15) is 0 Å². The molecular formula is C14H15N3O2. The average Bonchev–Trinajstić information content (AvgIpc) is 2.40. The molecule has 0 saturated heterocycles. The van der Waals surface area contributed by atoms with E-state index in [9.17, 15) is 9.59 Å². The second-order valence-electron chi connectivity index (χ2n) is 4.39. The number of aromatic amines is 1. The number of hydrogen-bond acceptors (Lipinski definition) is 3. The molecule has 0 aromatic carbocycles. The summed E-state index contributed by atoms with van der Waals surface area (Å²) in [6.07, 6.45) is 3.46. The average molecular weight is 257 g/mol. The van der Waals surface area contributed by atoms with E-state index in [2.05, 4.69) is 9.97 Å². The first-order chi connectivity index (χ1) is 9.08. The van der Waals surface area contributed by atoms with Gasteiger partial charge >= 0.3 is 0 Å². The van der Waals surface area contributed by atoms with Gasteiger partial charge in [-0.3, -0.25) is 14.6 Å². The zero-order valence-corrected chi connectivity index (χ0v) is 10.9. The van der Waals surface area contributed by atoms with Crippen LogP contribution in [0.3, 0.4) is 0 Å². The summed E-state index contributed by atoms with van der Waals surface area (Å²) < 4.78 is 0. The highest BCUT2D eigenvalue weighted by Gasteiger charge is 2.13. The summed E-state index contributed by atoms with van der Waals surface area (Å²) in [5.41, 5.74) is 2.07. The van der Waals surface area contributed by atoms with Crippen LogP contribution in [0.15, 0.2) is 41.5 Å². The van der Waals surface area contributed by atoms with E-state index in [0.717, 1.165) is 11.1 Å². The smallest absolute Gasteiger partial charge is 0.270 e. The number of H-pyrrole nitrogens is 1. The number of rotatable bonds is 3. The zero-order chi connectivity index (χ0) is 13.8. The van der Waals surface area contributed by atoms with E-state index in [1.54, 1.807) is 36.5 Å². The second kappa shape index (κ2) is 5.48. The SMILES string of the molecule is Cc1ccncc1CN(C)C(=O)c1cccc(=O)[nH]1. The number of aryl methyl sites for hydroxylation is 1. The lowest BCUT2D eigenvalue weighted by molar-refractivity contribution is 0.0778. The maximum Gasteiger partial charge on any atom is 0.270 e. The van der Waals surface area contributed by atoms with Crippen LogP contribution >= 0.6 is 0 Å². The van der Waals surface area contributed by atoms with Gasteiger partial charge < -0.3 is 9.88 Å². The van der Waals surface area contributed by atoms with E-state index in [0.29, 0.717) is 6.54 Å². The Hall–Kier alpha value is -2.43. The third-order valence-corrected chi connectivity index (χ3v) is 2.90. The highest BCUT2D eigenvalue weighted by Crippen LogP contribution is 2.09. The first kappa shape index (κ1) is 13.0. The van der Waals surface area contributed by atoms with Crippen molar-refractivity contribution >= 4 is 5.91 Å². The molecule has 0 bridgehead atoms. The summed E-state index contributed by atoms with van der Waals surface area (Å²) in [5.74, 6) is -0.221. The molecule has 2 aromatic rings. The topological polar surface area (TPSA) is 66.1 Å². The van der Waals surface area contributed by atoms with Crippen molar-refractivity contribution < 1.29 is 4.79 Å². The molecule has 0 unspecified atom stereocenters. The van der Waals surface area contributed by atoms with E-state index >= 15 is 0 Å². The molecule has 2 rings (SSSR count). The molecule has 0 aliphatic heterocycles. The summed E-state index contributed by atoms with van der Waals surface area (Å²) in [6, 6.07) is 6.44. The van der Waals surface area contributed by atoms with Gasteiger partial charge in [-0.1, -0.05) is 6.07 Å². The lowest BCUT2D eigenvalue weighted by Crippen LogP contribution is -2.28. The van der Waals surface area contributed by atoms with Crippen LogP contribution in [-0.2, 0) is 6.54 Å². The quantitative estimate of drug-likeness (QED) is 0.902. The van der Waals surface area contributed by atoms with Crippen LogP contribution in [0.5, 0.6) is 0 Å². The number of aromatic nitrogens is 2. The van der Waals surface area contributed by atoms with Crippen LogP contribution in [0, 0.1) is 6.92 Å². The standard InChI is InChI=1S/C14H15N3O2/c1-10-6-7-15-8-11(10)9-17(2)14(19)12-4-3-5-13(18)16-12/h3-8H,9H2,1-2H3,(H,16,18). The van der Waals surface area contributed by atoms with E-state index in [1.807, 2.05) is 13.0 Å². The molecule has 0 atom stereocenters. The van der Waals surface area contributed by atoms with Crippen LogP contribution in [-0.4, -0.2) is 27.8 Å². The summed E-state index contributed by atoms with van der Waals surface area (Å²) in [6.45, 7) is 2.43. The van der Waals surface area contributed by atoms with Crippen molar-refractivity contribution in [3.63, 3.8) is 0 Å². The summed E-state index contributed by atoms with van der Waals surface area (Å²) >= 11 is 0. The number of pyridine rings is 2. The fourth-order valence-electron chi connectivity index (χ4n) is 1.77. The minimum atomic E-state index is -0.281. The Kier molecular flexibility index (Phi) is 3.75. The Bertz CT molecular complexity index is 649. The maximum atomic E-state index is 12.1. The van der Waals surface area contributed by atoms with Gasteiger partial charge in [0.25, 0.3) is 5.91 Å². The first-order valence-electron chi connectivity index (χ1n) is 5.92. The van der Waals surface area contributed by atoms with Crippen molar-refractivity contribution in [1.29, 1.82) is 0 Å². The second-order valence-corrected chi connectivity index (χ2v) is 4.39. The molecular weight excluding hydrogens is 242 g/mol. The predicted molar refractivity (Wildman–Crippen MR) is 71.8 cm³/mol. The highest BCUT2D eigenvalue weighted by molar-refractivity contribution is 5.91. The van der Waals surface area contributed by atoms with Crippen LogP contribution in [0.2, 0.25) is 0 Å². The van der Waals surface area contributed by atoms with Gasteiger partial charge in [-0.05, 0) is 30.2 Å². The van der Waals surface area contributed by atoms with Crippen LogP contribution in [0.4, 0.5) is 0 Å². The summed E-state index contributed by atoms with van der Waals surface area (Å²) in [4.78, 5) is 31.5. The van der Waals surface area contributed by atoms with Gasteiger partial charge in [0, 0.05) is 32.1 Å². The van der Waals surface area contributed by atoms with Gasteiger partial charge in [-0.25, -0.2) is 0 Å². The number of hydrogen-bond donors (Lipinski definition) is 1. The van der Waals surface area contributed by atoms with Crippen LogP contribution in [0.1, 0.15) is 21.6 Å². The monoisotopic (exact) mass is 257 g/mol. The van der Waals surface area contributed by atoms with Gasteiger partial charge in [-0.15, -0.1) is 0 Å². The van der Waals surface area contributed by atoms with E-state index in [-0.39, 0.29) is 17.2 Å². The highest BCUT2D eigenvalue weighted by atomic mass is 16.2. The Labute approximate surface area is 110 Å². The third-order valence-electron chi connectivity index (χ3n) is 2.90. The van der Waals surface area contributed by atoms with Crippen molar-refractivity contribution in [2.45, 2.75) is 13.5 Å². The molecule has 0 aliphatic carbocycles. The van der Waals surface area contributed by atoms with Crippen molar-refractivity contribution in [2.75, 3.05) is 7.05 Å². The van der Waals surface area contributed by atoms with Gasteiger partial charge in [0.1, 0.15) is 5.69 Å². The Morgan fingerprint density at radius 1 is 1.37 bits per heavy atom. The first-order valence-corrected chi connectivity index (χ1v) is 5.92. The molecule has 5 heteroatoms. The van der Waals surface area contributed by atoms with E-state index in [1.165, 1.54) is 6.07 Å². The molecule has 2 heterocycles. The van der Waals surface area contributed by atoms with Gasteiger partial charge in [0.15, 0.2) is 0 Å². The normalized spacial score (nSPS) is 10.2.